The van der Waals surface area contributed by atoms with Gasteiger partial charge in [0, 0.05) is 0 Å². The van der Waals surface area contributed by atoms with Gasteiger partial charge in [-0.1, -0.05) is 12.1 Å². The summed E-state index contributed by atoms with van der Waals surface area (Å²) in [5.74, 6) is -0.918. The number of benzene rings is 1. The average molecular weight is 197 g/mol. The first-order valence-corrected chi connectivity index (χ1v) is 4.12. The lowest BCUT2D eigenvalue weighted by molar-refractivity contribution is -0.146. The van der Waals surface area contributed by atoms with Gasteiger partial charge in [0.05, 0.1) is 7.11 Å². The van der Waals surface area contributed by atoms with Gasteiger partial charge in [0.15, 0.2) is 0 Å². The summed E-state index contributed by atoms with van der Waals surface area (Å²) in [4.78, 5) is 11.3. The number of halogens is 1. The van der Waals surface area contributed by atoms with E-state index in [4.69, 9.17) is 5.73 Å². The molecule has 0 saturated carbocycles. The molecule has 0 aromatic heterocycles. The Hall–Kier alpha value is -1.42. The van der Waals surface area contributed by atoms with Crippen molar-refractivity contribution in [2.75, 3.05) is 7.11 Å². The highest BCUT2D eigenvalue weighted by Gasteiger charge is 2.31. The van der Waals surface area contributed by atoms with E-state index in [2.05, 4.69) is 4.74 Å². The third-order valence-corrected chi connectivity index (χ3v) is 2.05. The molecule has 0 aliphatic heterocycles. The van der Waals surface area contributed by atoms with Crippen molar-refractivity contribution in [1.29, 1.82) is 0 Å². The molecule has 76 valence electrons. The fourth-order valence-electron chi connectivity index (χ4n) is 1.13. The lowest BCUT2D eigenvalue weighted by Crippen LogP contribution is -2.42. The maximum Gasteiger partial charge on any atom is 0.330 e. The summed E-state index contributed by atoms with van der Waals surface area (Å²) in [6, 6.07) is 5.44. The maximum atomic E-state index is 12.6. The van der Waals surface area contributed by atoms with Gasteiger partial charge in [-0.15, -0.1) is 0 Å². The zero-order valence-corrected chi connectivity index (χ0v) is 8.08. The highest BCUT2D eigenvalue weighted by molar-refractivity contribution is 5.81. The minimum absolute atomic E-state index is 0.366. The Morgan fingerprint density at radius 1 is 1.43 bits per heavy atom. The molecule has 0 saturated heterocycles. The molecule has 4 heteroatoms. The number of hydrogen-bond acceptors (Lipinski definition) is 3. The van der Waals surface area contributed by atoms with Gasteiger partial charge in [-0.25, -0.2) is 9.18 Å². The highest BCUT2D eigenvalue weighted by Crippen LogP contribution is 2.19. The van der Waals surface area contributed by atoms with Crippen molar-refractivity contribution in [3.8, 4) is 0 Å². The predicted molar refractivity (Wildman–Crippen MR) is 50.0 cm³/mol. The molecule has 1 aromatic rings. The summed E-state index contributed by atoms with van der Waals surface area (Å²) in [5, 5.41) is 0. The molecule has 2 N–H and O–H groups in total. The molecular weight excluding hydrogens is 185 g/mol. The van der Waals surface area contributed by atoms with Crippen LogP contribution in [0.1, 0.15) is 12.5 Å². The summed E-state index contributed by atoms with van der Waals surface area (Å²) >= 11 is 0. The fraction of sp³-hybridized carbons (Fsp3) is 0.300. The van der Waals surface area contributed by atoms with Gasteiger partial charge in [-0.3, -0.25) is 0 Å². The molecule has 0 aliphatic rings. The summed E-state index contributed by atoms with van der Waals surface area (Å²) in [6.45, 7) is 1.52. The van der Waals surface area contributed by atoms with Crippen molar-refractivity contribution in [2.24, 2.45) is 5.73 Å². The van der Waals surface area contributed by atoms with Crippen LogP contribution in [-0.4, -0.2) is 13.1 Å². The number of carbonyl (C=O) groups excluding carboxylic acids is 1. The van der Waals surface area contributed by atoms with E-state index in [1.54, 1.807) is 0 Å². The molecule has 1 atom stereocenters. The lowest BCUT2D eigenvalue weighted by atomic mass is 9.93. The van der Waals surface area contributed by atoms with Crippen LogP contribution in [0, 0.1) is 5.82 Å². The number of nitrogens with two attached hydrogens (primary N) is 1. The Balaban J connectivity index is 3.03. The molecular formula is C10H12FNO2. The Kier molecular flexibility index (Phi) is 2.86. The Labute approximate surface area is 81.7 Å². The normalized spacial score (nSPS) is 14.6. The fourth-order valence-corrected chi connectivity index (χ4v) is 1.13. The SMILES string of the molecule is COC(=O)C(C)(N)c1ccc(F)cc1. The first-order valence-electron chi connectivity index (χ1n) is 4.12. The van der Waals surface area contributed by atoms with E-state index in [0.29, 0.717) is 5.56 Å². The van der Waals surface area contributed by atoms with Crippen molar-refractivity contribution in [3.05, 3.63) is 35.6 Å². The van der Waals surface area contributed by atoms with E-state index >= 15 is 0 Å². The lowest BCUT2D eigenvalue weighted by Gasteiger charge is -2.21. The zero-order chi connectivity index (χ0) is 10.8. The van der Waals surface area contributed by atoms with Crippen molar-refractivity contribution in [3.63, 3.8) is 0 Å². The van der Waals surface area contributed by atoms with Crippen LogP contribution in [0.5, 0.6) is 0 Å². The molecule has 0 spiro atoms. The molecule has 14 heavy (non-hydrogen) atoms. The molecule has 1 unspecified atom stereocenters. The van der Waals surface area contributed by atoms with E-state index in [1.165, 1.54) is 38.3 Å². The van der Waals surface area contributed by atoms with E-state index in [1.807, 2.05) is 0 Å². The van der Waals surface area contributed by atoms with Crippen LogP contribution in [0.4, 0.5) is 4.39 Å². The molecule has 3 nitrogen and oxygen atoms in total. The Morgan fingerprint density at radius 2 is 1.93 bits per heavy atom. The minimum Gasteiger partial charge on any atom is -0.467 e. The Bertz CT molecular complexity index is 332. The first-order chi connectivity index (χ1) is 6.48. The van der Waals surface area contributed by atoms with Gasteiger partial charge in [-0.2, -0.15) is 0 Å². The third-order valence-electron chi connectivity index (χ3n) is 2.05. The van der Waals surface area contributed by atoms with E-state index in [-0.39, 0.29) is 5.82 Å². The van der Waals surface area contributed by atoms with Crippen molar-refractivity contribution < 1.29 is 13.9 Å². The molecule has 0 fully saturated rings. The third kappa shape index (κ3) is 1.90. The summed E-state index contributed by atoms with van der Waals surface area (Å²) < 4.78 is 17.1. The second-order valence-corrected chi connectivity index (χ2v) is 3.20. The highest BCUT2D eigenvalue weighted by atomic mass is 19.1. The van der Waals surface area contributed by atoms with Gasteiger partial charge >= 0.3 is 5.97 Å². The van der Waals surface area contributed by atoms with Crippen LogP contribution < -0.4 is 5.73 Å². The molecule has 0 aliphatic carbocycles. The maximum absolute atomic E-state index is 12.6. The van der Waals surface area contributed by atoms with Crippen LogP contribution in [-0.2, 0) is 15.1 Å². The summed E-state index contributed by atoms with van der Waals surface area (Å²) in [6.07, 6.45) is 0. The molecule has 1 rings (SSSR count). The smallest absolute Gasteiger partial charge is 0.330 e. The minimum atomic E-state index is -1.23. The largest absolute Gasteiger partial charge is 0.467 e. The Morgan fingerprint density at radius 3 is 2.36 bits per heavy atom. The molecule has 1 aromatic carbocycles. The summed E-state index contributed by atoms with van der Waals surface area (Å²) in [5.41, 5.74) is 5.03. The molecule has 0 bridgehead atoms. The predicted octanol–water partition coefficient (Wildman–Crippen LogP) is 1.17. The second kappa shape index (κ2) is 3.75. The number of carbonyl (C=O) groups is 1. The average Bonchev–Trinajstić information content (AvgIpc) is 2.17. The molecule has 0 heterocycles. The van der Waals surface area contributed by atoms with Crippen molar-refractivity contribution in [2.45, 2.75) is 12.5 Å². The first kappa shape index (κ1) is 10.7. The van der Waals surface area contributed by atoms with Gasteiger partial charge in [0.25, 0.3) is 0 Å². The topological polar surface area (TPSA) is 52.3 Å². The zero-order valence-electron chi connectivity index (χ0n) is 8.08. The van der Waals surface area contributed by atoms with Crippen molar-refractivity contribution in [1.82, 2.24) is 0 Å². The van der Waals surface area contributed by atoms with Crippen molar-refractivity contribution >= 4 is 5.97 Å². The quantitative estimate of drug-likeness (QED) is 0.724. The van der Waals surface area contributed by atoms with Crippen LogP contribution >= 0.6 is 0 Å². The number of methoxy groups -OCH3 is 1. The standard InChI is InChI=1S/C10H12FNO2/c1-10(12,9(13)14-2)7-3-5-8(11)6-4-7/h3-6H,12H2,1-2H3. The number of ether oxygens (including phenoxy) is 1. The summed E-state index contributed by atoms with van der Waals surface area (Å²) in [7, 11) is 1.26. The van der Waals surface area contributed by atoms with Gasteiger partial charge in [0.2, 0.25) is 0 Å². The number of rotatable bonds is 2. The van der Waals surface area contributed by atoms with E-state index in [0.717, 1.165) is 0 Å². The number of esters is 1. The van der Waals surface area contributed by atoms with E-state index < -0.39 is 11.5 Å². The van der Waals surface area contributed by atoms with Gasteiger partial charge < -0.3 is 10.5 Å². The van der Waals surface area contributed by atoms with Crippen LogP contribution in [0.3, 0.4) is 0 Å². The molecule has 0 amide bonds. The van der Waals surface area contributed by atoms with Crippen LogP contribution in [0.25, 0.3) is 0 Å². The number of hydrogen-bond donors (Lipinski definition) is 1. The van der Waals surface area contributed by atoms with Gasteiger partial charge in [0.1, 0.15) is 11.4 Å². The van der Waals surface area contributed by atoms with E-state index in [9.17, 15) is 9.18 Å². The van der Waals surface area contributed by atoms with Crippen LogP contribution in [0.15, 0.2) is 24.3 Å². The monoisotopic (exact) mass is 197 g/mol. The van der Waals surface area contributed by atoms with Crippen LogP contribution in [0.2, 0.25) is 0 Å². The molecule has 0 radical (unpaired) electrons. The van der Waals surface area contributed by atoms with Gasteiger partial charge in [-0.05, 0) is 24.6 Å². The second-order valence-electron chi connectivity index (χ2n) is 3.20.